The predicted octanol–water partition coefficient (Wildman–Crippen LogP) is 9.71. The van der Waals surface area contributed by atoms with Gasteiger partial charge in [0.2, 0.25) is 0 Å². The van der Waals surface area contributed by atoms with Crippen LogP contribution in [0.25, 0.3) is 28.1 Å². The fourth-order valence-electron chi connectivity index (χ4n) is 5.25. The molecule has 13 heteroatoms. The van der Waals surface area contributed by atoms with Crippen LogP contribution in [-0.2, 0) is 27.4 Å². The molecule has 7 nitrogen and oxygen atoms in total. The second-order valence-corrected chi connectivity index (χ2v) is 13.7. The molecule has 1 aromatic heterocycles. The van der Waals surface area contributed by atoms with Crippen LogP contribution in [0.1, 0.15) is 27.3 Å². The van der Waals surface area contributed by atoms with Crippen LogP contribution in [0.3, 0.4) is 0 Å². The Labute approximate surface area is 296 Å². The number of carbonyl (C=O) groups is 1. The molecule has 1 heterocycles. The van der Waals surface area contributed by atoms with E-state index in [1.54, 1.807) is 66.7 Å². The van der Waals surface area contributed by atoms with Crippen LogP contribution in [-0.4, -0.2) is 31.0 Å². The quantitative estimate of drug-likeness (QED) is 0.149. The minimum Gasteiger partial charge on any atom is -0.465 e. The van der Waals surface area contributed by atoms with Gasteiger partial charge in [-0.1, -0.05) is 65.7 Å². The molecule has 1 N–H and O–H groups in total. The summed E-state index contributed by atoms with van der Waals surface area (Å²) in [5.41, 5.74) is 4.28. The number of ether oxygens (including phenoxy) is 1. The number of sulfonamides is 1. The third kappa shape index (κ3) is 7.70. The summed E-state index contributed by atoms with van der Waals surface area (Å²) >= 11 is 12.6. The number of anilines is 1. The first-order valence-corrected chi connectivity index (χ1v) is 17.2. The Balaban J connectivity index is 1.22. The maximum Gasteiger partial charge on any atom is 0.416 e. The zero-order valence-corrected chi connectivity index (χ0v) is 28.4. The molecular formula is C37H26Cl2F3N3O4S. The van der Waals surface area contributed by atoms with Crippen molar-refractivity contribution in [1.82, 2.24) is 9.55 Å². The molecule has 0 aliphatic carbocycles. The zero-order valence-electron chi connectivity index (χ0n) is 26.1. The number of esters is 1. The molecule has 0 amide bonds. The fourth-order valence-corrected chi connectivity index (χ4v) is 6.86. The van der Waals surface area contributed by atoms with Crippen molar-refractivity contribution in [3.63, 3.8) is 0 Å². The van der Waals surface area contributed by atoms with Gasteiger partial charge in [-0.15, -0.1) is 0 Å². The number of aromatic nitrogens is 2. The first-order valence-electron chi connectivity index (χ1n) is 14.9. The Hall–Kier alpha value is -5.10. The fraction of sp³-hybridized carbons (Fsp3) is 0.0811. The summed E-state index contributed by atoms with van der Waals surface area (Å²) in [5, 5.41) is 0.955. The van der Waals surface area contributed by atoms with Crippen LogP contribution in [0.5, 0.6) is 0 Å². The topological polar surface area (TPSA) is 90.3 Å². The average Bonchev–Trinajstić information content (AvgIpc) is 3.51. The SMILES string of the molecule is COC(=O)c1ccc(-n2cc(-c3ccc(Cl)cc3Cl)nc2Cc2ccc(-c3ccc(NS(=O)(=O)c4cccc(C(F)(F)F)c4)cc3)cc2)cc1. The minimum atomic E-state index is -4.67. The van der Waals surface area contributed by atoms with Crippen molar-refractivity contribution in [2.75, 3.05) is 11.8 Å². The number of imidazole rings is 1. The monoisotopic (exact) mass is 735 g/mol. The molecule has 0 saturated carbocycles. The van der Waals surface area contributed by atoms with Gasteiger partial charge in [0.25, 0.3) is 10.0 Å². The molecule has 0 aliphatic rings. The second-order valence-electron chi connectivity index (χ2n) is 11.2. The smallest absolute Gasteiger partial charge is 0.416 e. The lowest BCUT2D eigenvalue weighted by Crippen LogP contribution is -2.14. The van der Waals surface area contributed by atoms with Gasteiger partial charge in [0, 0.05) is 34.6 Å². The molecule has 0 unspecified atom stereocenters. The molecule has 0 bridgehead atoms. The Bertz CT molecular complexity index is 2290. The van der Waals surface area contributed by atoms with Crippen molar-refractivity contribution in [3.8, 4) is 28.1 Å². The number of methoxy groups -OCH3 is 1. The number of rotatable bonds is 9. The maximum atomic E-state index is 13.1. The lowest BCUT2D eigenvalue weighted by molar-refractivity contribution is -0.137. The first kappa shape index (κ1) is 34.8. The van der Waals surface area contributed by atoms with Gasteiger partial charge in [-0.3, -0.25) is 4.72 Å². The van der Waals surface area contributed by atoms with Crippen LogP contribution < -0.4 is 4.72 Å². The molecule has 5 aromatic carbocycles. The van der Waals surface area contributed by atoms with Gasteiger partial charge in [-0.05, 0) is 89.5 Å². The number of nitrogens with one attached hydrogen (secondary N) is 1. The molecule has 254 valence electrons. The predicted molar refractivity (Wildman–Crippen MR) is 187 cm³/mol. The normalized spacial score (nSPS) is 11.7. The molecule has 0 radical (unpaired) electrons. The summed E-state index contributed by atoms with van der Waals surface area (Å²) in [6.07, 6.45) is -2.35. The van der Waals surface area contributed by atoms with E-state index in [2.05, 4.69) is 4.72 Å². The molecule has 0 spiro atoms. The number of hydrogen-bond acceptors (Lipinski definition) is 5. The van der Waals surface area contributed by atoms with E-state index < -0.39 is 32.6 Å². The van der Waals surface area contributed by atoms with Crippen molar-refractivity contribution in [2.24, 2.45) is 0 Å². The highest BCUT2D eigenvalue weighted by Crippen LogP contribution is 2.33. The lowest BCUT2D eigenvalue weighted by Gasteiger charge is -2.12. The van der Waals surface area contributed by atoms with E-state index in [9.17, 15) is 26.4 Å². The summed E-state index contributed by atoms with van der Waals surface area (Å²) in [5.74, 6) is 0.268. The molecule has 0 aliphatic heterocycles. The highest BCUT2D eigenvalue weighted by molar-refractivity contribution is 7.92. The van der Waals surface area contributed by atoms with Gasteiger partial charge >= 0.3 is 12.1 Å². The molecule has 6 aromatic rings. The standard InChI is InChI=1S/C37H26Cl2F3N3O4S/c1-49-36(46)26-11-16-30(17-12-26)45-22-34(32-18-13-28(38)21-33(32)39)43-35(45)19-23-5-7-24(8-6-23)25-9-14-29(15-10-25)44-50(47,48)31-4-2-3-27(20-31)37(40,41)42/h2-18,20-22,44H,19H2,1H3. The largest absolute Gasteiger partial charge is 0.465 e. The Morgan fingerprint density at radius 2 is 1.52 bits per heavy atom. The summed E-state index contributed by atoms with van der Waals surface area (Å²) in [6, 6.07) is 30.0. The molecular weight excluding hydrogens is 710 g/mol. The highest BCUT2D eigenvalue weighted by Gasteiger charge is 2.31. The van der Waals surface area contributed by atoms with Crippen LogP contribution in [0.4, 0.5) is 18.9 Å². The van der Waals surface area contributed by atoms with Gasteiger partial charge in [-0.2, -0.15) is 13.2 Å². The Morgan fingerprint density at radius 1 is 0.860 bits per heavy atom. The van der Waals surface area contributed by atoms with E-state index in [1.807, 2.05) is 35.0 Å². The highest BCUT2D eigenvalue weighted by atomic mass is 35.5. The summed E-state index contributed by atoms with van der Waals surface area (Å²) < 4.78 is 74.0. The lowest BCUT2D eigenvalue weighted by atomic mass is 10.0. The van der Waals surface area contributed by atoms with E-state index in [4.69, 9.17) is 32.9 Å². The Morgan fingerprint density at radius 3 is 2.14 bits per heavy atom. The van der Waals surface area contributed by atoms with Gasteiger partial charge in [0.05, 0.1) is 33.8 Å². The number of benzene rings is 5. The number of nitrogens with zero attached hydrogens (tertiary/aromatic N) is 2. The molecule has 0 saturated heterocycles. The van der Waals surface area contributed by atoms with Crippen molar-refractivity contribution in [2.45, 2.75) is 17.5 Å². The molecule has 6 rings (SSSR count). The molecule has 0 atom stereocenters. The van der Waals surface area contributed by atoms with Crippen molar-refractivity contribution >= 4 is 44.9 Å². The van der Waals surface area contributed by atoms with Crippen molar-refractivity contribution < 1.29 is 31.1 Å². The number of alkyl halides is 3. The third-order valence-electron chi connectivity index (χ3n) is 7.81. The van der Waals surface area contributed by atoms with Gasteiger partial charge in [0.15, 0.2) is 0 Å². The van der Waals surface area contributed by atoms with Crippen LogP contribution in [0.2, 0.25) is 10.0 Å². The van der Waals surface area contributed by atoms with Crippen molar-refractivity contribution in [3.05, 3.63) is 154 Å². The summed E-state index contributed by atoms with van der Waals surface area (Å²) in [7, 11) is -2.93. The number of hydrogen-bond donors (Lipinski definition) is 1. The van der Waals surface area contributed by atoms with Gasteiger partial charge in [-0.25, -0.2) is 18.2 Å². The van der Waals surface area contributed by atoms with Gasteiger partial charge < -0.3 is 9.30 Å². The number of carbonyl (C=O) groups excluding carboxylic acids is 1. The Kier molecular flexibility index (Phi) is 9.75. The van der Waals surface area contributed by atoms with E-state index in [0.717, 1.165) is 40.6 Å². The minimum absolute atomic E-state index is 0.200. The first-order chi connectivity index (χ1) is 23.8. The van der Waals surface area contributed by atoms with E-state index in [1.165, 1.54) is 7.11 Å². The zero-order chi connectivity index (χ0) is 35.6. The average molecular weight is 737 g/mol. The maximum absolute atomic E-state index is 13.1. The van der Waals surface area contributed by atoms with E-state index in [-0.39, 0.29) is 5.69 Å². The van der Waals surface area contributed by atoms with E-state index in [0.29, 0.717) is 45.2 Å². The molecule has 50 heavy (non-hydrogen) atoms. The molecule has 0 fully saturated rings. The second kappa shape index (κ2) is 14.0. The summed E-state index contributed by atoms with van der Waals surface area (Å²) in [4.78, 5) is 16.4. The summed E-state index contributed by atoms with van der Waals surface area (Å²) in [6.45, 7) is 0. The van der Waals surface area contributed by atoms with Crippen LogP contribution in [0.15, 0.2) is 126 Å². The third-order valence-corrected chi connectivity index (χ3v) is 9.74. The number of halogens is 5. The van der Waals surface area contributed by atoms with Crippen LogP contribution >= 0.6 is 23.2 Å². The van der Waals surface area contributed by atoms with Crippen LogP contribution in [0, 0.1) is 0 Å². The van der Waals surface area contributed by atoms with Gasteiger partial charge in [0.1, 0.15) is 5.82 Å². The van der Waals surface area contributed by atoms with Crippen molar-refractivity contribution in [1.29, 1.82) is 0 Å². The van der Waals surface area contributed by atoms with E-state index >= 15 is 0 Å².